The van der Waals surface area contributed by atoms with Crippen LogP contribution in [0.5, 0.6) is 0 Å². The van der Waals surface area contributed by atoms with Gasteiger partial charge in [0.05, 0.1) is 0 Å². The standard InChI is InChI=1S/C17H17N3/c1-2-6-16-14(5-1)15-12-20(9-7-17(15)19-16)11-13-4-3-8-18-10-13/h1-6,8,10,19H,7,9,11-12H2. The van der Waals surface area contributed by atoms with E-state index in [9.17, 15) is 0 Å². The lowest BCUT2D eigenvalue weighted by Gasteiger charge is -2.27. The maximum absolute atomic E-state index is 4.20. The van der Waals surface area contributed by atoms with Crippen molar-refractivity contribution in [1.82, 2.24) is 14.9 Å². The first-order valence-electron chi connectivity index (χ1n) is 7.10. The van der Waals surface area contributed by atoms with Gasteiger partial charge in [-0.2, -0.15) is 0 Å². The van der Waals surface area contributed by atoms with Gasteiger partial charge in [0.1, 0.15) is 0 Å². The van der Waals surface area contributed by atoms with Crippen molar-refractivity contribution in [2.75, 3.05) is 6.54 Å². The van der Waals surface area contributed by atoms with Crippen molar-refractivity contribution in [1.29, 1.82) is 0 Å². The fraction of sp³-hybridized carbons (Fsp3) is 0.235. The van der Waals surface area contributed by atoms with E-state index in [1.54, 1.807) is 0 Å². The van der Waals surface area contributed by atoms with Crippen molar-refractivity contribution in [3.8, 4) is 0 Å². The zero-order chi connectivity index (χ0) is 13.4. The summed E-state index contributed by atoms with van der Waals surface area (Å²) >= 11 is 0. The van der Waals surface area contributed by atoms with Crippen molar-refractivity contribution < 1.29 is 0 Å². The van der Waals surface area contributed by atoms with E-state index in [0.717, 1.165) is 26.1 Å². The van der Waals surface area contributed by atoms with Crippen LogP contribution in [0.15, 0.2) is 48.8 Å². The van der Waals surface area contributed by atoms with Gasteiger partial charge in [0.2, 0.25) is 0 Å². The van der Waals surface area contributed by atoms with Crippen molar-refractivity contribution in [3.63, 3.8) is 0 Å². The van der Waals surface area contributed by atoms with E-state index in [-0.39, 0.29) is 0 Å². The van der Waals surface area contributed by atoms with Gasteiger partial charge in [0, 0.05) is 55.0 Å². The third-order valence-corrected chi connectivity index (χ3v) is 4.09. The lowest BCUT2D eigenvalue weighted by molar-refractivity contribution is 0.245. The Hall–Kier alpha value is -2.13. The Morgan fingerprint density at radius 3 is 3.00 bits per heavy atom. The Bertz CT molecular complexity index is 730. The van der Waals surface area contributed by atoms with Crippen LogP contribution < -0.4 is 0 Å². The Labute approximate surface area is 118 Å². The number of H-pyrrole nitrogens is 1. The Kier molecular flexibility index (Phi) is 2.78. The number of pyridine rings is 1. The largest absolute Gasteiger partial charge is 0.358 e. The minimum Gasteiger partial charge on any atom is -0.358 e. The lowest BCUT2D eigenvalue weighted by atomic mass is 10.0. The summed E-state index contributed by atoms with van der Waals surface area (Å²) in [6, 6.07) is 12.8. The monoisotopic (exact) mass is 263 g/mol. The molecule has 100 valence electrons. The predicted octanol–water partition coefficient (Wildman–Crippen LogP) is 3.12. The van der Waals surface area contributed by atoms with Crippen LogP contribution in [0.25, 0.3) is 10.9 Å². The second kappa shape index (κ2) is 4.76. The smallest absolute Gasteiger partial charge is 0.0459 e. The summed E-state index contributed by atoms with van der Waals surface area (Å²) in [5.74, 6) is 0. The molecule has 0 unspecified atom stereocenters. The number of rotatable bonds is 2. The lowest BCUT2D eigenvalue weighted by Crippen LogP contribution is -2.29. The van der Waals surface area contributed by atoms with Gasteiger partial charge < -0.3 is 4.98 Å². The molecule has 0 fully saturated rings. The Morgan fingerprint density at radius 1 is 1.15 bits per heavy atom. The van der Waals surface area contributed by atoms with Crippen LogP contribution in [0.2, 0.25) is 0 Å². The van der Waals surface area contributed by atoms with E-state index in [1.165, 1.54) is 27.7 Å². The molecule has 3 nitrogen and oxygen atoms in total. The van der Waals surface area contributed by atoms with Gasteiger partial charge in [-0.3, -0.25) is 9.88 Å². The first-order valence-corrected chi connectivity index (χ1v) is 7.10. The minimum atomic E-state index is 0.979. The third-order valence-electron chi connectivity index (χ3n) is 4.09. The molecule has 1 aliphatic heterocycles. The number of nitrogens with zero attached hydrogens (tertiary/aromatic N) is 2. The molecule has 0 aliphatic carbocycles. The van der Waals surface area contributed by atoms with Crippen LogP contribution in [0.4, 0.5) is 0 Å². The van der Waals surface area contributed by atoms with Gasteiger partial charge in [-0.05, 0) is 23.3 Å². The van der Waals surface area contributed by atoms with Crippen LogP contribution in [0, 0.1) is 0 Å². The summed E-state index contributed by atoms with van der Waals surface area (Å²) in [5.41, 5.74) is 5.43. The van der Waals surface area contributed by atoms with E-state index in [2.05, 4.69) is 45.2 Å². The van der Waals surface area contributed by atoms with Crippen molar-refractivity contribution >= 4 is 10.9 Å². The van der Waals surface area contributed by atoms with Crippen LogP contribution in [-0.4, -0.2) is 21.4 Å². The normalized spacial score (nSPS) is 15.4. The summed E-state index contributed by atoms with van der Waals surface area (Å²) in [4.78, 5) is 10.3. The van der Waals surface area contributed by atoms with Crippen LogP contribution in [0.1, 0.15) is 16.8 Å². The molecule has 2 aromatic heterocycles. The van der Waals surface area contributed by atoms with Gasteiger partial charge in [-0.25, -0.2) is 0 Å². The molecule has 3 aromatic rings. The third kappa shape index (κ3) is 2.00. The van der Waals surface area contributed by atoms with Gasteiger partial charge in [0.15, 0.2) is 0 Å². The van der Waals surface area contributed by atoms with Crippen molar-refractivity contribution in [2.24, 2.45) is 0 Å². The van der Waals surface area contributed by atoms with Crippen molar-refractivity contribution in [3.05, 3.63) is 65.6 Å². The number of benzene rings is 1. The van der Waals surface area contributed by atoms with Gasteiger partial charge in [-0.15, -0.1) is 0 Å². The number of fused-ring (bicyclic) bond motifs is 3. The molecule has 0 radical (unpaired) electrons. The first kappa shape index (κ1) is 11.7. The molecule has 0 saturated carbocycles. The van der Waals surface area contributed by atoms with E-state index in [0.29, 0.717) is 0 Å². The zero-order valence-electron chi connectivity index (χ0n) is 11.3. The van der Waals surface area contributed by atoms with Crippen molar-refractivity contribution in [2.45, 2.75) is 19.5 Å². The molecule has 0 atom stereocenters. The highest BCUT2D eigenvalue weighted by Gasteiger charge is 2.20. The summed E-state index contributed by atoms with van der Waals surface area (Å²) in [6.45, 7) is 3.11. The maximum atomic E-state index is 4.20. The molecule has 0 saturated heterocycles. The molecule has 0 amide bonds. The number of aromatic nitrogens is 2. The molecule has 4 rings (SSSR count). The number of aromatic amines is 1. The van der Waals surface area contributed by atoms with E-state index in [1.807, 2.05) is 18.5 Å². The highest BCUT2D eigenvalue weighted by atomic mass is 15.1. The quantitative estimate of drug-likeness (QED) is 0.770. The highest BCUT2D eigenvalue weighted by Crippen LogP contribution is 2.28. The number of hydrogen-bond acceptors (Lipinski definition) is 2. The fourth-order valence-corrected chi connectivity index (χ4v) is 3.11. The molecule has 1 aromatic carbocycles. The molecular formula is C17H17N3. The molecule has 3 heterocycles. The first-order chi connectivity index (χ1) is 9.90. The molecule has 20 heavy (non-hydrogen) atoms. The topological polar surface area (TPSA) is 31.9 Å². The van der Waals surface area contributed by atoms with Crippen LogP contribution >= 0.6 is 0 Å². The zero-order valence-corrected chi connectivity index (χ0v) is 11.3. The van der Waals surface area contributed by atoms with E-state index < -0.39 is 0 Å². The Morgan fingerprint density at radius 2 is 2.10 bits per heavy atom. The molecule has 0 bridgehead atoms. The van der Waals surface area contributed by atoms with Crippen LogP contribution in [0.3, 0.4) is 0 Å². The predicted molar refractivity (Wildman–Crippen MR) is 80.4 cm³/mol. The number of nitrogens with one attached hydrogen (secondary N) is 1. The molecule has 1 aliphatic rings. The highest BCUT2D eigenvalue weighted by molar-refractivity contribution is 5.84. The van der Waals surface area contributed by atoms with Gasteiger partial charge >= 0.3 is 0 Å². The average molecular weight is 263 g/mol. The summed E-state index contributed by atoms with van der Waals surface area (Å²) < 4.78 is 0. The molecule has 0 spiro atoms. The Balaban J connectivity index is 1.63. The molecule has 1 N–H and O–H groups in total. The SMILES string of the molecule is c1cncc(CN2CCc3[nH]c4ccccc4c3C2)c1. The summed E-state index contributed by atoms with van der Waals surface area (Å²) in [6.07, 6.45) is 4.90. The maximum Gasteiger partial charge on any atom is 0.0459 e. The summed E-state index contributed by atoms with van der Waals surface area (Å²) in [5, 5.41) is 1.37. The second-order valence-electron chi connectivity index (χ2n) is 5.45. The fourth-order valence-electron chi connectivity index (χ4n) is 3.11. The number of hydrogen-bond donors (Lipinski definition) is 1. The molecular weight excluding hydrogens is 246 g/mol. The average Bonchev–Trinajstić information content (AvgIpc) is 2.86. The second-order valence-corrected chi connectivity index (χ2v) is 5.45. The van der Waals surface area contributed by atoms with E-state index in [4.69, 9.17) is 0 Å². The minimum absolute atomic E-state index is 0.979. The van der Waals surface area contributed by atoms with Gasteiger partial charge in [-0.1, -0.05) is 24.3 Å². The summed E-state index contributed by atoms with van der Waals surface area (Å²) in [7, 11) is 0. The molecule has 3 heteroatoms. The van der Waals surface area contributed by atoms with Crippen LogP contribution in [-0.2, 0) is 19.5 Å². The number of para-hydroxylation sites is 1. The van der Waals surface area contributed by atoms with E-state index >= 15 is 0 Å². The van der Waals surface area contributed by atoms with Gasteiger partial charge in [0.25, 0.3) is 0 Å².